The molecule has 0 saturated heterocycles. The molecule has 0 saturated carbocycles. The molecule has 4 aromatic rings. The summed E-state index contributed by atoms with van der Waals surface area (Å²) >= 11 is 7.81. The van der Waals surface area contributed by atoms with Crippen molar-refractivity contribution >= 4 is 57.0 Å². The zero-order valence-electron chi connectivity index (χ0n) is 14.9. The van der Waals surface area contributed by atoms with Gasteiger partial charge in [-0.2, -0.15) is 0 Å². The molecule has 0 spiro atoms. The van der Waals surface area contributed by atoms with Crippen LogP contribution < -0.4 is 10.6 Å². The van der Waals surface area contributed by atoms with Gasteiger partial charge in [0.25, 0.3) is 11.8 Å². The standard InChI is InChI=1S/C21H16ClN3O2S/c1-25-16-9-3-2-8-15(16)18(22)19(25)21(27)24-14-7-4-6-13(12-14)23-20(26)17-10-5-11-28-17/h2-12H,1H3,(H,23,26)(H,24,27). The average Bonchev–Trinajstić information content (AvgIpc) is 3.30. The Morgan fingerprint density at radius 3 is 2.32 bits per heavy atom. The molecule has 0 unspecified atom stereocenters. The van der Waals surface area contributed by atoms with Crippen LogP contribution in [0.1, 0.15) is 20.2 Å². The van der Waals surface area contributed by atoms with Crippen molar-refractivity contribution in [3.63, 3.8) is 0 Å². The molecule has 0 radical (unpaired) electrons. The molecule has 0 bridgehead atoms. The summed E-state index contributed by atoms with van der Waals surface area (Å²) in [6.45, 7) is 0. The number of aromatic nitrogens is 1. The summed E-state index contributed by atoms with van der Waals surface area (Å²) in [6.07, 6.45) is 0. The number of halogens is 1. The highest BCUT2D eigenvalue weighted by Crippen LogP contribution is 2.30. The zero-order chi connectivity index (χ0) is 19.7. The Balaban J connectivity index is 1.57. The fourth-order valence-corrected chi connectivity index (χ4v) is 4.06. The lowest BCUT2D eigenvalue weighted by Crippen LogP contribution is -2.16. The van der Waals surface area contributed by atoms with E-state index < -0.39 is 0 Å². The van der Waals surface area contributed by atoms with Crippen LogP contribution in [0.25, 0.3) is 10.9 Å². The van der Waals surface area contributed by atoms with E-state index in [1.807, 2.05) is 35.7 Å². The van der Waals surface area contributed by atoms with Crippen LogP contribution in [-0.4, -0.2) is 16.4 Å². The van der Waals surface area contributed by atoms with Crippen molar-refractivity contribution < 1.29 is 9.59 Å². The van der Waals surface area contributed by atoms with Crippen molar-refractivity contribution in [1.82, 2.24) is 4.57 Å². The predicted octanol–water partition coefficient (Wildman–Crippen LogP) is 5.40. The lowest BCUT2D eigenvalue weighted by atomic mass is 10.2. The van der Waals surface area contributed by atoms with E-state index in [1.165, 1.54) is 11.3 Å². The summed E-state index contributed by atoms with van der Waals surface area (Å²) in [7, 11) is 1.81. The van der Waals surface area contributed by atoms with Gasteiger partial charge in [0.05, 0.1) is 9.90 Å². The molecule has 0 aliphatic rings. The molecule has 0 atom stereocenters. The number of anilines is 2. The number of fused-ring (bicyclic) bond motifs is 1. The zero-order valence-corrected chi connectivity index (χ0v) is 16.5. The normalized spacial score (nSPS) is 10.8. The Morgan fingerprint density at radius 1 is 0.929 bits per heavy atom. The van der Waals surface area contributed by atoms with Crippen molar-refractivity contribution in [3.8, 4) is 0 Å². The summed E-state index contributed by atoms with van der Waals surface area (Å²) in [4.78, 5) is 25.7. The number of para-hydroxylation sites is 1. The molecule has 2 N–H and O–H groups in total. The Labute approximate surface area is 170 Å². The minimum Gasteiger partial charge on any atom is -0.338 e. The maximum absolute atomic E-state index is 12.8. The molecule has 2 aromatic heterocycles. The van der Waals surface area contributed by atoms with E-state index in [0.717, 1.165) is 10.9 Å². The molecule has 7 heteroatoms. The van der Waals surface area contributed by atoms with Crippen molar-refractivity contribution in [1.29, 1.82) is 0 Å². The highest BCUT2D eigenvalue weighted by Gasteiger charge is 2.20. The summed E-state index contributed by atoms with van der Waals surface area (Å²) in [5, 5.41) is 8.78. The van der Waals surface area contributed by atoms with E-state index in [4.69, 9.17) is 11.6 Å². The number of nitrogens with zero attached hydrogens (tertiary/aromatic N) is 1. The highest BCUT2D eigenvalue weighted by atomic mass is 35.5. The van der Waals surface area contributed by atoms with Gasteiger partial charge in [0.2, 0.25) is 0 Å². The number of carbonyl (C=O) groups excluding carboxylic acids is 2. The minimum absolute atomic E-state index is 0.185. The van der Waals surface area contributed by atoms with Crippen LogP contribution >= 0.6 is 22.9 Å². The SMILES string of the molecule is Cn1c(C(=O)Nc2cccc(NC(=O)c3cccs3)c2)c(Cl)c2ccccc21. The van der Waals surface area contributed by atoms with E-state index in [0.29, 0.717) is 27.0 Å². The first-order valence-corrected chi connectivity index (χ1v) is 9.79. The Hall–Kier alpha value is -3.09. The van der Waals surface area contributed by atoms with Gasteiger partial charge in [-0.15, -0.1) is 11.3 Å². The Kier molecular flexibility index (Phi) is 4.90. The van der Waals surface area contributed by atoms with Crippen LogP contribution in [0.15, 0.2) is 66.0 Å². The number of carbonyl (C=O) groups is 2. The van der Waals surface area contributed by atoms with Gasteiger partial charge in [-0.05, 0) is 35.7 Å². The second-order valence-electron chi connectivity index (χ2n) is 6.21. The lowest BCUT2D eigenvalue weighted by Gasteiger charge is -2.09. The number of nitrogens with one attached hydrogen (secondary N) is 2. The third-order valence-electron chi connectivity index (χ3n) is 4.38. The van der Waals surface area contributed by atoms with Crippen molar-refractivity contribution in [2.45, 2.75) is 0 Å². The molecule has 2 heterocycles. The smallest absolute Gasteiger partial charge is 0.273 e. The monoisotopic (exact) mass is 409 g/mol. The van der Waals surface area contributed by atoms with E-state index in [9.17, 15) is 9.59 Å². The van der Waals surface area contributed by atoms with Crippen molar-refractivity contribution in [2.24, 2.45) is 7.05 Å². The molecule has 0 fully saturated rings. The molecule has 0 aliphatic heterocycles. The fourth-order valence-electron chi connectivity index (χ4n) is 3.06. The second kappa shape index (κ2) is 7.50. The van der Waals surface area contributed by atoms with Gasteiger partial charge < -0.3 is 15.2 Å². The molecule has 28 heavy (non-hydrogen) atoms. The maximum atomic E-state index is 12.8. The van der Waals surface area contributed by atoms with Crippen LogP contribution in [0.3, 0.4) is 0 Å². The summed E-state index contributed by atoms with van der Waals surface area (Å²) in [5.41, 5.74) is 2.43. The molecule has 0 aliphatic carbocycles. The number of aryl methyl sites for hydroxylation is 1. The molecule has 140 valence electrons. The van der Waals surface area contributed by atoms with Gasteiger partial charge in [0, 0.05) is 29.3 Å². The van der Waals surface area contributed by atoms with Gasteiger partial charge in [0.15, 0.2) is 0 Å². The third-order valence-corrected chi connectivity index (χ3v) is 5.63. The summed E-state index contributed by atoms with van der Waals surface area (Å²) in [5.74, 6) is -0.499. The van der Waals surface area contributed by atoms with Crippen LogP contribution in [0.5, 0.6) is 0 Å². The number of hydrogen-bond donors (Lipinski definition) is 2. The van der Waals surface area contributed by atoms with Gasteiger partial charge in [-0.1, -0.05) is 41.9 Å². The molecule has 2 amide bonds. The third kappa shape index (κ3) is 3.40. The Bertz CT molecular complexity index is 1140. The van der Waals surface area contributed by atoms with E-state index in [2.05, 4.69) is 10.6 Å². The van der Waals surface area contributed by atoms with E-state index in [-0.39, 0.29) is 11.8 Å². The van der Waals surface area contributed by atoms with Crippen LogP contribution in [0.4, 0.5) is 11.4 Å². The fraction of sp³-hybridized carbons (Fsp3) is 0.0476. The highest BCUT2D eigenvalue weighted by molar-refractivity contribution is 7.12. The first-order chi connectivity index (χ1) is 13.5. The van der Waals surface area contributed by atoms with Gasteiger partial charge >= 0.3 is 0 Å². The number of hydrogen-bond acceptors (Lipinski definition) is 3. The van der Waals surface area contributed by atoms with Crippen LogP contribution in [0, 0.1) is 0 Å². The Morgan fingerprint density at radius 2 is 1.64 bits per heavy atom. The van der Waals surface area contributed by atoms with Crippen molar-refractivity contribution in [2.75, 3.05) is 10.6 Å². The molecule has 2 aromatic carbocycles. The average molecular weight is 410 g/mol. The molecular weight excluding hydrogens is 394 g/mol. The van der Waals surface area contributed by atoms with Gasteiger partial charge in [0.1, 0.15) is 5.69 Å². The number of benzene rings is 2. The van der Waals surface area contributed by atoms with Crippen LogP contribution in [0.2, 0.25) is 5.02 Å². The quantitative estimate of drug-likeness (QED) is 0.474. The first-order valence-electron chi connectivity index (χ1n) is 8.54. The maximum Gasteiger partial charge on any atom is 0.273 e. The molecule has 4 rings (SSSR count). The number of amides is 2. The number of thiophene rings is 1. The predicted molar refractivity (Wildman–Crippen MR) is 115 cm³/mol. The van der Waals surface area contributed by atoms with E-state index >= 15 is 0 Å². The lowest BCUT2D eigenvalue weighted by molar-refractivity contribution is 0.101. The van der Waals surface area contributed by atoms with Crippen molar-refractivity contribution in [3.05, 3.63) is 81.6 Å². The summed E-state index contributed by atoms with van der Waals surface area (Å²) in [6, 6.07) is 18.2. The second-order valence-corrected chi connectivity index (χ2v) is 7.53. The van der Waals surface area contributed by atoms with Crippen LogP contribution in [-0.2, 0) is 7.05 Å². The number of rotatable bonds is 4. The summed E-state index contributed by atoms with van der Waals surface area (Å²) < 4.78 is 1.77. The van der Waals surface area contributed by atoms with E-state index in [1.54, 1.807) is 41.9 Å². The minimum atomic E-state index is -0.314. The van der Waals surface area contributed by atoms with Gasteiger partial charge in [-0.3, -0.25) is 9.59 Å². The van der Waals surface area contributed by atoms with Gasteiger partial charge in [-0.25, -0.2) is 0 Å². The molecule has 5 nitrogen and oxygen atoms in total. The largest absolute Gasteiger partial charge is 0.338 e. The molecular formula is C21H16ClN3O2S. The topological polar surface area (TPSA) is 63.1 Å². The first kappa shape index (κ1) is 18.3.